The molecule has 102 valence electrons. The Morgan fingerprint density at radius 1 is 1.39 bits per heavy atom. The minimum absolute atomic E-state index is 0.634. The van der Waals surface area contributed by atoms with Gasteiger partial charge in [0.1, 0.15) is 0 Å². The van der Waals surface area contributed by atoms with Crippen LogP contribution < -0.4 is 5.32 Å². The Morgan fingerprint density at radius 3 is 2.78 bits per heavy atom. The molecule has 1 fully saturated rings. The van der Waals surface area contributed by atoms with Gasteiger partial charge in [0.15, 0.2) is 0 Å². The summed E-state index contributed by atoms with van der Waals surface area (Å²) >= 11 is 0. The van der Waals surface area contributed by atoms with E-state index >= 15 is 0 Å². The van der Waals surface area contributed by atoms with E-state index in [2.05, 4.69) is 30.5 Å². The molecule has 0 spiro atoms. The summed E-state index contributed by atoms with van der Waals surface area (Å²) in [7, 11) is 2.01. The highest BCUT2D eigenvalue weighted by Crippen LogP contribution is 2.26. The quantitative estimate of drug-likeness (QED) is 0.869. The van der Waals surface area contributed by atoms with Gasteiger partial charge >= 0.3 is 0 Å². The van der Waals surface area contributed by atoms with E-state index in [4.69, 9.17) is 0 Å². The van der Waals surface area contributed by atoms with E-state index in [0.717, 1.165) is 18.9 Å². The lowest BCUT2D eigenvalue weighted by Crippen LogP contribution is -2.34. The summed E-state index contributed by atoms with van der Waals surface area (Å²) in [5, 5.41) is 8.20. The predicted molar refractivity (Wildman–Crippen MR) is 75.5 cm³/mol. The molecular formula is C15H27N3. The summed E-state index contributed by atoms with van der Waals surface area (Å²) in [6.07, 6.45) is 10.3. The minimum atomic E-state index is 0.634. The van der Waals surface area contributed by atoms with Crippen molar-refractivity contribution >= 4 is 0 Å². The second-order valence-corrected chi connectivity index (χ2v) is 5.70. The normalized spacial score (nSPS) is 19.1. The molecule has 1 aromatic rings. The Morgan fingerprint density at radius 2 is 2.11 bits per heavy atom. The first-order chi connectivity index (χ1) is 8.70. The van der Waals surface area contributed by atoms with E-state index < -0.39 is 0 Å². The van der Waals surface area contributed by atoms with Crippen LogP contribution in [0, 0.1) is 5.92 Å². The van der Waals surface area contributed by atoms with Crippen molar-refractivity contribution < 1.29 is 0 Å². The largest absolute Gasteiger partial charge is 0.310 e. The average molecular weight is 249 g/mol. The van der Waals surface area contributed by atoms with Crippen molar-refractivity contribution in [1.82, 2.24) is 15.1 Å². The Balaban J connectivity index is 1.86. The third-order valence-electron chi connectivity index (χ3n) is 4.30. The molecule has 3 heteroatoms. The van der Waals surface area contributed by atoms with Crippen LogP contribution in [-0.2, 0) is 20.0 Å². The molecule has 0 unspecified atom stereocenters. The molecule has 1 aliphatic rings. The van der Waals surface area contributed by atoms with Crippen molar-refractivity contribution in [2.45, 2.75) is 65.0 Å². The fourth-order valence-electron chi connectivity index (χ4n) is 3.10. The van der Waals surface area contributed by atoms with Gasteiger partial charge in [-0.05, 0) is 32.1 Å². The summed E-state index contributed by atoms with van der Waals surface area (Å²) in [5.41, 5.74) is 2.60. The zero-order chi connectivity index (χ0) is 13.0. The molecule has 1 saturated carbocycles. The first-order valence-electron chi connectivity index (χ1n) is 7.45. The number of rotatable bonds is 5. The number of aryl methyl sites for hydroxylation is 2. The molecule has 0 radical (unpaired) electrons. The summed E-state index contributed by atoms with van der Waals surface area (Å²) < 4.78 is 1.93. The van der Waals surface area contributed by atoms with Crippen LogP contribution in [0.5, 0.6) is 0 Å². The van der Waals surface area contributed by atoms with Gasteiger partial charge in [0.25, 0.3) is 0 Å². The Bertz CT molecular complexity index is 364. The number of aromatic nitrogens is 2. The lowest BCUT2D eigenvalue weighted by Gasteiger charge is -2.28. The van der Waals surface area contributed by atoms with Crippen LogP contribution in [0.1, 0.15) is 57.2 Å². The van der Waals surface area contributed by atoms with Crippen molar-refractivity contribution in [2.75, 3.05) is 0 Å². The van der Waals surface area contributed by atoms with Crippen LogP contribution in [0.3, 0.4) is 0 Å². The van der Waals surface area contributed by atoms with Crippen LogP contribution in [0.25, 0.3) is 0 Å². The number of nitrogens with one attached hydrogen (secondary N) is 1. The average Bonchev–Trinajstić information content (AvgIpc) is 2.77. The standard InChI is InChI=1S/C15H27N3/c1-4-15-14(11-18(3)17-15)10-16-12(2)13-8-6-5-7-9-13/h11-13,16H,4-10H2,1-3H3/t12-/m1/s1. The van der Waals surface area contributed by atoms with Gasteiger partial charge in [0.2, 0.25) is 0 Å². The van der Waals surface area contributed by atoms with Crippen LogP contribution in [0.4, 0.5) is 0 Å². The Hall–Kier alpha value is -0.830. The van der Waals surface area contributed by atoms with Crippen LogP contribution >= 0.6 is 0 Å². The van der Waals surface area contributed by atoms with Crippen molar-refractivity contribution in [3.63, 3.8) is 0 Å². The van der Waals surface area contributed by atoms with Gasteiger partial charge in [-0.15, -0.1) is 0 Å². The highest BCUT2D eigenvalue weighted by atomic mass is 15.3. The smallest absolute Gasteiger partial charge is 0.0666 e. The maximum Gasteiger partial charge on any atom is 0.0666 e. The minimum Gasteiger partial charge on any atom is -0.310 e. The molecule has 0 aliphatic heterocycles. The summed E-state index contributed by atoms with van der Waals surface area (Å²) in [5.74, 6) is 0.875. The van der Waals surface area contributed by atoms with Crippen molar-refractivity contribution in [1.29, 1.82) is 0 Å². The Labute approximate surface area is 111 Å². The van der Waals surface area contributed by atoms with Crippen molar-refractivity contribution in [3.8, 4) is 0 Å². The van der Waals surface area contributed by atoms with Gasteiger partial charge < -0.3 is 5.32 Å². The van der Waals surface area contributed by atoms with Gasteiger partial charge in [-0.2, -0.15) is 5.10 Å². The molecule has 3 nitrogen and oxygen atoms in total. The van der Waals surface area contributed by atoms with E-state index in [1.807, 2.05) is 11.7 Å². The molecule has 1 aliphatic carbocycles. The fourth-order valence-corrected chi connectivity index (χ4v) is 3.10. The second-order valence-electron chi connectivity index (χ2n) is 5.70. The molecule has 1 heterocycles. The first-order valence-corrected chi connectivity index (χ1v) is 7.45. The monoisotopic (exact) mass is 249 g/mol. The molecule has 0 saturated heterocycles. The highest BCUT2D eigenvalue weighted by molar-refractivity contribution is 5.16. The Kier molecular flexibility index (Phi) is 4.81. The van der Waals surface area contributed by atoms with Gasteiger partial charge in [-0.1, -0.05) is 26.2 Å². The summed E-state index contributed by atoms with van der Waals surface area (Å²) in [6, 6.07) is 0.634. The topological polar surface area (TPSA) is 29.9 Å². The fraction of sp³-hybridized carbons (Fsp3) is 0.800. The molecule has 1 aromatic heterocycles. The second kappa shape index (κ2) is 6.37. The summed E-state index contributed by atoms with van der Waals surface area (Å²) in [6.45, 7) is 5.49. The zero-order valence-electron chi connectivity index (χ0n) is 12.1. The maximum atomic E-state index is 4.50. The molecule has 2 rings (SSSR count). The molecule has 1 N–H and O–H groups in total. The van der Waals surface area contributed by atoms with Gasteiger partial charge in [-0.3, -0.25) is 4.68 Å². The number of hydrogen-bond acceptors (Lipinski definition) is 2. The zero-order valence-corrected chi connectivity index (χ0v) is 12.1. The van der Waals surface area contributed by atoms with Crippen LogP contribution in [0.15, 0.2) is 6.20 Å². The lowest BCUT2D eigenvalue weighted by molar-refractivity contribution is 0.280. The van der Waals surface area contributed by atoms with Gasteiger partial charge in [-0.25, -0.2) is 0 Å². The predicted octanol–water partition coefficient (Wildman–Crippen LogP) is 3.04. The van der Waals surface area contributed by atoms with Crippen molar-refractivity contribution in [2.24, 2.45) is 13.0 Å². The van der Waals surface area contributed by atoms with Gasteiger partial charge in [0.05, 0.1) is 5.69 Å². The van der Waals surface area contributed by atoms with Gasteiger partial charge in [0, 0.05) is 31.4 Å². The van der Waals surface area contributed by atoms with E-state index in [1.54, 1.807) is 0 Å². The highest BCUT2D eigenvalue weighted by Gasteiger charge is 2.19. The lowest BCUT2D eigenvalue weighted by atomic mass is 9.84. The van der Waals surface area contributed by atoms with E-state index in [9.17, 15) is 0 Å². The van der Waals surface area contributed by atoms with E-state index in [1.165, 1.54) is 43.4 Å². The third-order valence-corrected chi connectivity index (χ3v) is 4.30. The number of hydrogen-bond donors (Lipinski definition) is 1. The molecular weight excluding hydrogens is 222 g/mol. The molecule has 0 bridgehead atoms. The molecule has 0 aromatic carbocycles. The maximum absolute atomic E-state index is 4.50. The number of nitrogens with zero attached hydrogens (tertiary/aromatic N) is 2. The molecule has 0 amide bonds. The van der Waals surface area contributed by atoms with E-state index in [0.29, 0.717) is 6.04 Å². The molecule has 18 heavy (non-hydrogen) atoms. The summed E-state index contributed by atoms with van der Waals surface area (Å²) in [4.78, 5) is 0. The third kappa shape index (κ3) is 3.35. The first kappa shape index (κ1) is 13.6. The van der Waals surface area contributed by atoms with Crippen LogP contribution in [-0.4, -0.2) is 15.8 Å². The molecule has 1 atom stereocenters. The SMILES string of the molecule is CCc1nn(C)cc1CN[C@H](C)C1CCCCC1. The van der Waals surface area contributed by atoms with Crippen LogP contribution in [0.2, 0.25) is 0 Å². The van der Waals surface area contributed by atoms with E-state index in [-0.39, 0.29) is 0 Å². The van der Waals surface area contributed by atoms with Crippen molar-refractivity contribution in [3.05, 3.63) is 17.5 Å².